The van der Waals surface area contributed by atoms with Crippen LogP contribution in [0.5, 0.6) is 11.5 Å². The van der Waals surface area contributed by atoms with Gasteiger partial charge in [-0.1, -0.05) is 56.8 Å². The van der Waals surface area contributed by atoms with Crippen LogP contribution in [-0.4, -0.2) is 40.8 Å². The van der Waals surface area contributed by atoms with E-state index in [-0.39, 0.29) is 23.1 Å². The van der Waals surface area contributed by atoms with Crippen LogP contribution >= 0.6 is 11.8 Å². The third-order valence-corrected chi connectivity index (χ3v) is 6.23. The van der Waals surface area contributed by atoms with Crippen molar-refractivity contribution in [2.24, 2.45) is 0 Å². The van der Waals surface area contributed by atoms with Crippen LogP contribution in [0.25, 0.3) is 11.4 Å². The summed E-state index contributed by atoms with van der Waals surface area (Å²) in [6.07, 6.45) is 0. The highest BCUT2D eigenvalue weighted by molar-refractivity contribution is 7.99. The van der Waals surface area contributed by atoms with Gasteiger partial charge < -0.3 is 20.6 Å². The Kier molecular flexibility index (Phi) is 7.53. The van der Waals surface area contributed by atoms with Gasteiger partial charge in [-0.15, -0.1) is 10.2 Å². The Morgan fingerprint density at radius 2 is 1.82 bits per heavy atom. The van der Waals surface area contributed by atoms with Gasteiger partial charge in [-0.05, 0) is 36.1 Å². The van der Waals surface area contributed by atoms with Crippen LogP contribution in [0, 0.1) is 0 Å². The predicted octanol–water partition coefficient (Wildman–Crippen LogP) is 3.94. The smallest absolute Gasteiger partial charge is 0.230 e. The van der Waals surface area contributed by atoms with E-state index < -0.39 is 0 Å². The summed E-state index contributed by atoms with van der Waals surface area (Å²) >= 11 is 1.23. The first kappa shape index (κ1) is 24.4. The van der Waals surface area contributed by atoms with Gasteiger partial charge in [0.1, 0.15) is 11.5 Å². The zero-order valence-corrected chi connectivity index (χ0v) is 20.7. The highest BCUT2D eigenvalue weighted by Crippen LogP contribution is 2.30. The van der Waals surface area contributed by atoms with Crippen LogP contribution in [0.1, 0.15) is 44.9 Å². The van der Waals surface area contributed by atoms with E-state index in [1.165, 1.54) is 22.0 Å². The molecule has 1 atom stereocenters. The fourth-order valence-electron chi connectivity index (χ4n) is 3.36. The number of benzene rings is 2. The molecule has 2 aromatic carbocycles. The van der Waals surface area contributed by atoms with E-state index in [0.717, 1.165) is 11.1 Å². The van der Waals surface area contributed by atoms with Crippen LogP contribution in [-0.2, 0) is 10.2 Å². The van der Waals surface area contributed by atoms with E-state index in [1.807, 2.05) is 37.3 Å². The van der Waals surface area contributed by atoms with E-state index >= 15 is 0 Å². The molecule has 0 fully saturated rings. The molecule has 9 heteroatoms. The average Bonchev–Trinajstić information content (AvgIpc) is 3.16. The molecule has 3 aromatic rings. The lowest BCUT2D eigenvalue weighted by molar-refractivity contribution is -0.119. The number of aromatic nitrogens is 3. The number of hydrogen-bond acceptors (Lipinski definition) is 7. The Morgan fingerprint density at radius 1 is 1.12 bits per heavy atom. The van der Waals surface area contributed by atoms with Gasteiger partial charge in [0.05, 0.1) is 26.0 Å². The molecule has 1 amide bonds. The monoisotopic (exact) mass is 469 g/mol. The summed E-state index contributed by atoms with van der Waals surface area (Å²) in [4.78, 5) is 12.6. The number of hydrogen-bond donors (Lipinski definition) is 2. The van der Waals surface area contributed by atoms with Crippen molar-refractivity contribution in [3.05, 3.63) is 53.6 Å². The van der Waals surface area contributed by atoms with E-state index in [2.05, 4.69) is 48.4 Å². The Balaban J connectivity index is 1.64. The summed E-state index contributed by atoms with van der Waals surface area (Å²) in [5, 5.41) is 11.8. The zero-order chi connectivity index (χ0) is 24.2. The quantitative estimate of drug-likeness (QED) is 0.380. The number of thioether (sulfide) groups is 1. The number of carbonyl (C=O) groups excluding carboxylic acids is 1. The molecule has 0 bridgehead atoms. The van der Waals surface area contributed by atoms with Gasteiger partial charge >= 0.3 is 0 Å². The third-order valence-electron chi connectivity index (χ3n) is 5.29. The molecule has 3 N–H and O–H groups in total. The first-order valence-corrected chi connectivity index (χ1v) is 11.6. The highest BCUT2D eigenvalue weighted by atomic mass is 32.2. The molecular weight excluding hydrogens is 438 g/mol. The number of ether oxygens (including phenoxy) is 2. The Labute approximate surface area is 198 Å². The fourth-order valence-corrected chi connectivity index (χ4v) is 4.03. The maximum atomic E-state index is 12.6. The Morgan fingerprint density at radius 3 is 2.42 bits per heavy atom. The van der Waals surface area contributed by atoms with Crippen LogP contribution in [0.15, 0.2) is 47.6 Å². The zero-order valence-electron chi connectivity index (χ0n) is 19.9. The second kappa shape index (κ2) is 10.2. The van der Waals surface area contributed by atoms with Crippen LogP contribution in [0.2, 0.25) is 0 Å². The third kappa shape index (κ3) is 5.78. The minimum absolute atomic E-state index is 0.0648. The van der Waals surface area contributed by atoms with E-state index in [9.17, 15) is 4.79 Å². The predicted molar refractivity (Wildman–Crippen MR) is 131 cm³/mol. The number of nitrogens with two attached hydrogens (primary N) is 1. The van der Waals surface area contributed by atoms with Crippen molar-refractivity contribution in [3.8, 4) is 22.9 Å². The SMILES string of the molecule is COc1ccc(OC)c(C(C)NC(=O)CSc2nnc(-c3ccc(C(C)(C)C)cc3)n2N)c1. The van der Waals surface area contributed by atoms with Crippen LogP contribution in [0.3, 0.4) is 0 Å². The van der Waals surface area contributed by atoms with E-state index in [4.69, 9.17) is 15.3 Å². The fraction of sp³-hybridized carbons (Fsp3) is 0.375. The molecule has 0 aliphatic carbocycles. The maximum absolute atomic E-state index is 12.6. The van der Waals surface area contributed by atoms with Gasteiger partial charge in [0.15, 0.2) is 5.82 Å². The molecule has 176 valence electrons. The molecule has 1 aromatic heterocycles. The molecule has 0 saturated heterocycles. The van der Waals surface area contributed by atoms with Crippen molar-refractivity contribution in [1.82, 2.24) is 20.2 Å². The molecule has 8 nitrogen and oxygen atoms in total. The lowest BCUT2D eigenvalue weighted by Crippen LogP contribution is -2.28. The van der Waals surface area contributed by atoms with Crippen molar-refractivity contribution in [2.75, 3.05) is 25.8 Å². The first-order chi connectivity index (χ1) is 15.6. The lowest BCUT2D eigenvalue weighted by Gasteiger charge is -2.19. The molecule has 0 aliphatic heterocycles. The van der Waals surface area contributed by atoms with Crippen molar-refractivity contribution >= 4 is 17.7 Å². The summed E-state index contributed by atoms with van der Waals surface area (Å²) in [5.74, 6) is 8.13. The number of methoxy groups -OCH3 is 2. The van der Waals surface area contributed by atoms with Crippen LogP contribution < -0.4 is 20.6 Å². The highest BCUT2D eigenvalue weighted by Gasteiger charge is 2.18. The topological polar surface area (TPSA) is 104 Å². The molecule has 3 rings (SSSR count). The Hall–Kier alpha value is -3.20. The molecule has 0 aliphatic rings. The van der Waals surface area contributed by atoms with Gasteiger partial charge in [0, 0.05) is 11.1 Å². The summed E-state index contributed by atoms with van der Waals surface area (Å²) in [7, 11) is 3.19. The molecule has 0 saturated carbocycles. The number of rotatable bonds is 8. The van der Waals surface area contributed by atoms with Gasteiger partial charge in [-0.3, -0.25) is 4.79 Å². The minimum Gasteiger partial charge on any atom is -0.497 e. The lowest BCUT2D eigenvalue weighted by atomic mass is 9.87. The van der Waals surface area contributed by atoms with Crippen LogP contribution in [0.4, 0.5) is 0 Å². The number of nitrogens with one attached hydrogen (secondary N) is 1. The van der Waals surface area contributed by atoms with Crippen molar-refractivity contribution < 1.29 is 14.3 Å². The first-order valence-electron chi connectivity index (χ1n) is 10.6. The van der Waals surface area contributed by atoms with Crippen molar-refractivity contribution in [3.63, 3.8) is 0 Å². The van der Waals surface area contributed by atoms with E-state index in [1.54, 1.807) is 14.2 Å². The molecule has 1 unspecified atom stereocenters. The number of carbonyl (C=O) groups is 1. The standard InChI is InChI=1S/C24H31N5O3S/c1-15(19-13-18(31-5)11-12-20(19)32-6)26-21(30)14-33-23-28-27-22(29(23)25)16-7-9-17(10-8-16)24(2,3)4/h7-13,15H,14,25H2,1-6H3,(H,26,30). The molecule has 0 spiro atoms. The van der Waals surface area contributed by atoms with Gasteiger partial charge in [-0.25, -0.2) is 4.68 Å². The summed E-state index contributed by atoms with van der Waals surface area (Å²) < 4.78 is 12.1. The number of nitrogen functional groups attached to an aromatic ring is 1. The molecule has 33 heavy (non-hydrogen) atoms. The van der Waals surface area contributed by atoms with Gasteiger partial charge in [-0.2, -0.15) is 0 Å². The second-order valence-corrected chi connectivity index (χ2v) is 9.63. The normalized spacial score (nSPS) is 12.3. The van der Waals surface area contributed by atoms with E-state index in [0.29, 0.717) is 22.5 Å². The molecule has 0 radical (unpaired) electrons. The Bertz CT molecular complexity index is 1110. The molecular formula is C24H31N5O3S. The second-order valence-electron chi connectivity index (χ2n) is 8.69. The minimum atomic E-state index is -0.268. The maximum Gasteiger partial charge on any atom is 0.230 e. The number of nitrogens with zero attached hydrogens (tertiary/aromatic N) is 3. The molecule has 1 heterocycles. The average molecular weight is 470 g/mol. The van der Waals surface area contributed by atoms with Gasteiger partial charge in [0.2, 0.25) is 11.1 Å². The summed E-state index contributed by atoms with van der Waals surface area (Å²) in [5.41, 5.74) is 2.99. The summed E-state index contributed by atoms with van der Waals surface area (Å²) in [6, 6.07) is 13.3. The largest absolute Gasteiger partial charge is 0.497 e. The van der Waals surface area contributed by atoms with Crippen molar-refractivity contribution in [1.29, 1.82) is 0 Å². The number of amides is 1. The van der Waals surface area contributed by atoms with Crippen molar-refractivity contribution in [2.45, 2.75) is 44.3 Å². The summed E-state index contributed by atoms with van der Waals surface area (Å²) in [6.45, 7) is 8.39. The van der Waals surface area contributed by atoms with Gasteiger partial charge in [0.25, 0.3) is 0 Å².